The van der Waals surface area contributed by atoms with Crippen molar-refractivity contribution in [3.8, 4) is 0 Å². The molecular formula is C25H25N3O3S. The largest absolute Gasteiger partial charge is 0.347 e. The number of fused-ring (bicyclic) bond motifs is 1. The van der Waals surface area contributed by atoms with E-state index in [0.717, 1.165) is 16.6 Å². The molecule has 1 heterocycles. The Hall–Kier alpha value is -3.42. The summed E-state index contributed by atoms with van der Waals surface area (Å²) in [7, 11) is -0.569. The molecule has 0 unspecified atom stereocenters. The normalized spacial score (nSPS) is 11.7. The smallest absolute Gasteiger partial charge is 0.268 e. The molecule has 7 heteroatoms. The topological polar surface area (TPSA) is 71.4 Å². The summed E-state index contributed by atoms with van der Waals surface area (Å²) in [5.41, 5.74) is 3.34. The van der Waals surface area contributed by atoms with E-state index in [4.69, 9.17) is 0 Å². The van der Waals surface area contributed by atoms with Gasteiger partial charge in [0.1, 0.15) is 5.69 Å². The van der Waals surface area contributed by atoms with Crippen LogP contribution in [-0.2, 0) is 23.1 Å². The fourth-order valence-electron chi connectivity index (χ4n) is 3.61. The lowest BCUT2D eigenvalue weighted by atomic mass is 10.2. The zero-order valence-corrected chi connectivity index (χ0v) is 18.8. The molecular weight excluding hydrogens is 422 g/mol. The Kier molecular flexibility index (Phi) is 6.12. The van der Waals surface area contributed by atoms with Crippen molar-refractivity contribution in [1.29, 1.82) is 0 Å². The molecule has 0 aliphatic heterocycles. The number of aromatic nitrogens is 1. The average Bonchev–Trinajstić information content (AvgIpc) is 3.16. The Morgan fingerprint density at radius 1 is 0.875 bits per heavy atom. The van der Waals surface area contributed by atoms with Crippen LogP contribution >= 0.6 is 0 Å². The van der Waals surface area contributed by atoms with Gasteiger partial charge in [-0.2, -0.15) is 0 Å². The second-order valence-corrected chi connectivity index (χ2v) is 9.93. The highest BCUT2D eigenvalue weighted by molar-refractivity contribution is 7.89. The van der Waals surface area contributed by atoms with Crippen molar-refractivity contribution in [3.63, 3.8) is 0 Å². The SMILES string of the molecule is CN(C)S(=O)(=O)c1ccc2c(c1)cc(C(=O)NCc1ccccc1)n2Cc1ccccc1. The van der Waals surface area contributed by atoms with Crippen LogP contribution in [0, 0.1) is 0 Å². The van der Waals surface area contributed by atoms with Crippen LogP contribution in [0.15, 0.2) is 89.8 Å². The van der Waals surface area contributed by atoms with Crippen molar-refractivity contribution in [2.24, 2.45) is 0 Å². The van der Waals surface area contributed by atoms with E-state index in [9.17, 15) is 13.2 Å². The van der Waals surface area contributed by atoms with Gasteiger partial charge in [-0.1, -0.05) is 60.7 Å². The fraction of sp³-hybridized carbons (Fsp3) is 0.160. The molecule has 0 saturated carbocycles. The number of carbonyl (C=O) groups excluding carboxylic acids is 1. The van der Waals surface area contributed by atoms with Gasteiger partial charge in [0.05, 0.1) is 4.90 Å². The predicted molar refractivity (Wildman–Crippen MR) is 126 cm³/mol. The summed E-state index contributed by atoms with van der Waals surface area (Å²) in [4.78, 5) is 13.3. The maximum absolute atomic E-state index is 13.1. The number of hydrogen-bond donors (Lipinski definition) is 1. The van der Waals surface area contributed by atoms with Crippen LogP contribution in [0.2, 0.25) is 0 Å². The van der Waals surface area contributed by atoms with E-state index in [0.29, 0.717) is 24.2 Å². The summed E-state index contributed by atoms with van der Waals surface area (Å²) in [6, 6.07) is 26.3. The molecule has 0 saturated heterocycles. The Labute approximate surface area is 188 Å². The summed E-state index contributed by atoms with van der Waals surface area (Å²) < 4.78 is 28.3. The number of sulfonamides is 1. The molecule has 0 bridgehead atoms. The summed E-state index contributed by atoms with van der Waals surface area (Å²) >= 11 is 0. The lowest BCUT2D eigenvalue weighted by Gasteiger charge is -2.13. The molecule has 0 fully saturated rings. The van der Waals surface area contributed by atoms with Gasteiger partial charge in [0.15, 0.2) is 0 Å². The summed E-state index contributed by atoms with van der Waals surface area (Å²) in [6.07, 6.45) is 0. The quantitative estimate of drug-likeness (QED) is 0.468. The molecule has 1 N–H and O–H groups in total. The van der Waals surface area contributed by atoms with Gasteiger partial charge in [-0.3, -0.25) is 4.79 Å². The van der Waals surface area contributed by atoms with E-state index >= 15 is 0 Å². The van der Waals surface area contributed by atoms with E-state index in [1.807, 2.05) is 65.2 Å². The monoisotopic (exact) mass is 447 g/mol. The maximum Gasteiger partial charge on any atom is 0.268 e. The lowest BCUT2D eigenvalue weighted by Crippen LogP contribution is -2.25. The zero-order valence-electron chi connectivity index (χ0n) is 18.0. The highest BCUT2D eigenvalue weighted by Gasteiger charge is 2.21. The third-order valence-electron chi connectivity index (χ3n) is 5.36. The van der Waals surface area contributed by atoms with Crippen LogP contribution in [0.3, 0.4) is 0 Å². The van der Waals surface area contributed by atoms with Crippen LogP contribution in [0.4, 0.5) is 0 Å². The van der Waals surface area contributed by atoms with Crippen molar-refractivity contribution >= 4 is 26.8 Å². The van der Waals surface area contributed by atoms with Gasteiger partial charge in [0.25, 0.3) is 5.91 Å². The van der Waals surface area contributed by atoms with Gasteiger partial charge in [-0.05, 0) is 35.4 Å². The minimum Gasteiger partial charge on any atom is -0.347 e. The molecule has 0 spiro atoms. The maximum atomic E-state index is 13.1. The first kappa shape index (κ1) is 21.8. The number of nitrogens with one attached hydrogen (secondary N) is 1. The molecule has 4 aromatic rings. The molecule has 32 heavy (non-hydrogen) atoms. The third kappa shape index (κ3) is 4.44. The van der Waals surface area contributed by atoms with Crippen LogP contribution in [-0.4, -0.2) is 37.3 Å². The average molecular weight is 448 g/mol. The molecule has 0 atom stereocenters. The van der Waals surface area contributed by atoms with Crippen LogP contribution in [0.5, 0.6) is 0 Å². The van der Waals surface area contributed by atoms with Gasteiger partial charge < -0.3 is 9.88 Å². The van der Waals surface area contributed by atoms with Gasteiger partial charge in [0.2, 0.25) is 10.0 Å². The Morgan fingerprint density at radius 2 is 1.50 bits per heavy atom. The van der Waals surface area contributed by atoms with Gasteiger partial charge in [0, 0.05) is 38.1 Å². The molecule has 164 valence electrons. The van der Waals surface area contributed by atoms with Crippen molar-refractivity contribution in [2.45, 2.75) is 18.0 Å². The fourth-order valence-corrected chi connectivity index (χ4v) is 4.55. The first-order chi connectivity index (χ1) is 15.4. The number of benzene rings is 3. The molecule has 6 nitrogen and oxygen atoms in total. The van der Waals surface area contributed by atoms with Crippen molar-refractivity contribution in [1.82, 2.24) is 14.2 Å². The van der Waals surface area contributed by atoms with Crippen LogP contribution < -0.4 is 5.32 Å². The first-order valence-electron chi connectivity index (χ1n) is 10.3. The van der Waals surface area contributed by atoms with E-state index in [2.05, 4.69) is 5.32 Å². The number of nitrogens with zero attached hydrogens (tertiary/aromatic N) is 2. The second kappa shape index (κ2) is 8.98. The van der Waals surface area contributed by atoms with E-state index < -0.39 is 10.0 Å². The van der Waals surface area contributed by atoms with Crippen molar-refractivity contribution in [3.05, 3.63) is 102 Å². The Bertz CT molecular complexity index is 1350. The summed E-state index contributed by atoms with van der Waals surface area (Å²) in [6.45, 7) is 0.908. The molecule has 0 radical (unpaired) electrons. The van der Waals surface area contributed by atoms with E-state index in [1.165, 1.54) is 18.4 Å². The highest BCUT2D eigenvalue weighted by atomic mass is 32.2. The molecule has 0 aliphatic rings. The number of carbonyl (C=O) groups is 1. The molecule has 3 aromatic carbocycles. The first-order valence-corrected chi connectivity index (χ1v) is 11.7. The highest BCUT2D eigenvalue weighted by Crippen LogP contribution is 2.26. The minimum atomic E-state index is -3.57. The lowest BCUT2D eigenvalue weighted by molar-refractivity contribution is 0.0942. The van der Waals surface area contributed by atoms with Crippen LogP contribution in [0.1, 0.15) is 21.6 Å². The van der Waals surface area contributed by atoms with E-state index in [1.54, 1.807) is 24.3 Å². The molecule has 4 rings (SSSR count). The minimum absolute atomic E-state index is 0.197. The molecule has 1 amide bonds. The van der Waals surface area contributed by atoms with Crippen molar-refractivity contribution < 1.29 is 13.2 Å². The van der Waals surface area contributed by atoms with Gasteiger partial charge in [-0.15, -0.1) is 0 Å². The zero-order chi connectivity index (χ0) is 22.7. The predicted octanol–water partition coefficient (Wildman–Crippen LogP) is 3.87. The van der Waals surface area contributed by atoms with E-state index in [-0.39, 0.29) is 10.8 Å². The molecule has 1 aromatic heterocycles. The van der Waals surface area contributed by atoms with Crippen LogP contribution in [0.25, 0.3) is 10.9 Å². The van der Waals surface area contributed by atoms with Crippen molar-refractivity contribution in [2.75, 3.05) is 14.1 Å². The van der Waals surface area contributed by atoms with Gasteiger partial charge >= 0.3 is 0 Å². The number of amides is 1. The number of hydrogen-bond acceptors (Lipinski definition) is 3. The summed E-state index contributed by atoms with van der Waals surface area (Å²) in [5, 5.41) is 3.68. The standard InChI is InChI=1S/C25H25N3O3S/c1-27(2)32(30,31)22-13-14-23-21(15-22)16-24(28(23)18-20-11-7-4-8-12-20)25(29)26-17-19-9-5-3-6-10-19/h3-16H,17-18H2,1-2H3,(H,26,29). The Morgan fingerprint density at radius 3 is 2.12 bits per heavy atom. The second-order valence-electron chi connectivity index (χ2n) is 7.78. The third-order valence-corrected chi connectivity index (χ3v) is 7.17. The Balaban J connectivity index is 1.75. The number of rotatable bonds is 7. The molecule has 0 aliphatic carbocycles. The van der Waals surface area contributed by atoms with Gasteiger partial charge in [-0.25, -0.2) is 12.7 Å². The summed E-state index contributed by atoms with van der Waals surface area (Å²) in [5.74, 6) is -0.210.